The van der Waals surface area contributed by atoms with Crippen LogP contribution in [0.4, 0.5) is 5.69 Å². The number of anilines is 1. The Morgan fingerprint density at radius 3 is 2.53 bits per heavy atom. The lowest BCUT2D eigenvalue weighted by Gasteiger charge is -2.14. The van der Waals surface area contributed by atoms with Crippen molar-refractivity contribution >= 4 is 17.6 Å². The van der Waals surface area contributed by atoms with Gasteiger partial charge in [0.05, 0.1) is 18.4 Å². The van der Waals surface area contributed by atoms with E-state index in [-0.39, 0.29) is 17.0 Å². The summed E-state index contributed by atoms with van der Waals surface area (Å²) in [7, 11) is 1.25. The zero-order chi connectivity index (χ0) is 13.0. The lowest BCUT2D eigenvalue weighted by Crippen LogP contribution is -2.25. The number of methoxy groups -OCH3 is 1. The van der Waals surface area contributed by atoms with Crippen molar-refractivity contribution in [1.82, 2.24) is 0 Å². The van der Waals surface area contributed by atoms with E-state index in [1.807, 2.05) is 0 Å². The van der Waals surface area contributed by atoms with Crippen LogP contribution in [0.2, 0.25) is 0 Å². The van der Waals surface area contributed by atoms with E-state index in [0.29, 0.717) is 0 Å². The Morgan fingerprint density at radius 2 is 2.06 bits per heavy atom. The standard InChI is InChI=1S/C11H13NO5/c1-6(11(15)16-2)17-9-4-3-7(10(13)14)5-8(9)12/h3-6H,12H2,1-2H3,(H,13,14). The Balaban J connectivity index is 2.86. The molecule has 0 amide bonds. The van der Waals surface area contributed by atoms with Gasteiger partial charge in [-0.2, -0.15) is 0 Å². The number of carbonyl (C=O) groups is 2. The van der Waals surface area contributed by atoms with Gasteiger partial charge in [-0.05, 0) is 25.1 Å². The second-order valence-corrected chi connectivity index (χ2v) is 3.34. The Morgan fingerprint density at radius 1 is 1.41 bits per heavy atom. The summed E-state index contributed by atoms with van der Waals surface area (Å²) in [4.78, 5) is 21.8. The summed E-state index contributed by atoms with van der Waals surface area (Å²) in [5.74, 6) is -1.37. The molecule has 6 nitrogen and oxygen atoms in total. The molecule has 3 N–H and O–H groups in total. The van der Waals surface area contributed by atoms with E-state index in [0.717, 1.165) is 0 Å². The van der Waals surface area contributed by atoms with E-state index in [1.165, 1.54) is 32.2 Å². The molecule has 0 fully saturated rings. The quantitative estimate of drug-likeness (QED) is 0.598. The maximum absolute atomic E-state index is 11.1. The van der Waals surface area contributed by atoms with E-state index < -0.39 is 18.0 Å². The molecule has 92 valence electrons. The summed E-state index contributed by atoms with van der Waals surface area (Å²) in [5, 5.41) is 8.74. The Bertz CT molecular complexity index is 443. The first-order valence-corrected chi connectivity index (χ1v) is 4.83. The molecule has 1 atom stereocenters. The van der Waals surface area contributed by atoms with Gasteiger partial charge >= 0.3 is 11.9 Å². The third-order valence-electron chi connectivity index (χ3n) is 2.09. The molecule has 17 heavy (non-hydrogen) atoms. The number of aromatic carboxylic acids is 1. The average Bonchev–Trinajstić information content (AvgIpc) is 2.30. The van der Waals surface area contributed by atoms with Gasteiger partial charge < -0.3 is 20.3 Å². The molecule has 0 aliphatic rings. The fourth-order valence-corrected chi connectivity index (χ4v) is 1.19. The second kappa shape index (κ2) is 5.20. The molecule has 0 saturated heterocycles. The highest BCUT2D eigenvalue weighted by atomic mass is 16.6. The number of hydrogen-bond acceptors (Lipinski definition) is 5. The highest BCUT2D eigenvalue weighted by Crippen LogP contribution is 2.23. The Labute approximate surface area is 97.9 Å². The van der Waals surface area contributed by atoms with Gasteiger partial charge in [0.2, 0.25) is 0 Å². The van der Waals surface area contributed by atoms with Crippen molar-refractivity contribution in [1.29, 1.82) is 0 Å². The van der Waals surface area contributed by atoms with Crippen molar-refractivity contribution in [3.8, 4) is 5.75 Å². The fraction of sp³-hybridized carbons (Fsp3) is 0.273. The number of hydrogen-bond donors (Lipinski definition) is 2. The van der Waals surface area contributed by atoms with Gasteiger partial charge in [-0.3, -0.25) is 0 Å². The zero-order valence-electron chi connectivity index (χ0n) is 9.47. The lowest BCUT2D eigenvalue weighted by atomic mass is 10.2. The van der Waals surface area contributed by atoms with Crippen LogP contribution in [0, 0.1) is 0 Å². The van der Waals surface area contributed by atoms with Gasteiger partial charge in [-0.15, -0.1) is 0 Å². The van der Waals surface area contributed by atoms with Crippen molar-refractivity contribution in [3.05, 3.63) is 23.8 Å². The predicted molar refractivity (Wildman–Crippen MR) is 59.9 cm³/mol. The van der Waals surface area contributed by atoms with E-state index in [9.17, 15) is 9.59 Å². The Hall–Kier alpha value is -2.24. The third kappa shape index (κ3) is 3.10. The molecular weight excluding hydrogens is 226 g/mol. The van der Waals surface area contributed by atoms with Crippen molar-refractivity contribution in [2.24, 2.45) is 0 Å². The first-order chi connectivity index (χ1) is 7.95. The van der Waals surface area contributed by atoms with Crippen LogP contribution >= 0.6 is 0 Å². The summed E-state index contributed by atoms with van der Waals surface area (Å²) < 4.78 is 9.73. The number of rotatable bonds is 4. The lowest BCUT2D eigenvalue weighted by molar-refractivity contribution is -0.147. The number of carboxylic acid groups (broad SMARTS) is 1. The molecule has 0 radical (unpaired) electrons. The molecule has 0 spiro atoms. The summed E-state index contributed by atoms with van der Waals surface area (Å²) in [6.07, 6.45) is -0.807. The number of nitrogens with two attached hydrogens (primary N) is 1. The topological polar surface area (TPSA) is 98.8 Å². The van der Waals surface area contributed by atoms with Crippen molar-refractivity contribution in [2.75, 3.05) is 12.8 Å². The van der Waals surface area contributed by atoms with Gasteiger partial charge in [0, 0.05) is 0 Å². The third-order valence-corrected chi connectivity index (χ3v) is 2.09. The van der Waals surface area contributed by atoms with Crippen LogP contribution in [0.5, 0.6) is 5.75 Å². The second-order valence-electron chi connectivity index (χ2n) is 3.34. The van der Waals surface area contributed by atoms with Crippen LogP contribution in [0.15, 0.2) is 18.2 Å². The van der Waals surface area contributed by atoms with E-state index >= 15 is 0 Å². The van der Waals surface area contributed by atoms with Crippen molar-refractivity contribution in [2.45, 2.75) is 13.0 Å². The largest absolute Gasteiger partial charge is 0.478 e. The number of ether oxygens (including phenoxy) is 2. The van der Waals surface area contributed by atoms with Gasteiger partial charge in [-0.25, -0.2) is 9.59 Å². The predicted octanol–water partition coefficient (Wildman–Crippen LogP) is 0.907. The number of carboxylic acids is 1. The maximum atomic E-state index is 11.1. The minimum absolute atomic E-state index is 0.0561. The normalized spacial score (nSPS) is 11.6. The average molecular weight is 239 g/mol. The van der Waals surface area contributed by atoms with Crippen molar-refractivity contribution in [3.63, 3.8) is 0 Å². The highest BCUT2D eigenvalue weighted by Gasteiger charge is 2.16. The molecule has 0 heterocycles. The number of benzene rings is 1. The van der Waals surface area contributed by atoms with Crippen LogP contribution < -0.4 is 10.5 Å². The monoisotopic (exact) mass is 239 g/mol. The molecule has 0 aliphatic heterocycles. The molecule has 0 saturated carbocycles. The van der Waals surface area contributed by atoms with E-state index in [4.69, 9.17) is 15.6 Å². The number of nitrogen functional groups attached to an aromatic ring is 1. The molecule has 1 unspecified atom stereocenters. The summed E-state index contributed by atoms with van der Waals surface area (Å²) in [5.41, 5.74) is 5.82. The minimum Gasteiger partial charge on any atom is -0.478 e. The van der Waals surface area contributed by atoms with Crippen LogP contribution in [0.25, 0.3) is 0 Å². The molecule has 6 heteroatoms. The van der Waals surface area contributed by atoms with Gasteiger partial charge in [-0.1, -0.05) is 0 Å². The maximum Gasteiger partial charge on any atom is 0.346 e. The molecule has 0 aliphatic carbocycles. The molecule has 0 bridgehead atoms. The van der Waals surface area contributed by atoms with Crippen LogP contribution in [-0.4, -0.2) is 30.3 Å². The first-order valence-electron chi connectivity index (χ1n) is 4.83. The Kier molecular flexibility index (Phi) is 3.92. The summed E-state index contributed by atoms with van der Waals surface area (Å²) >= 11 is 0. The van der Waals surface area contributed by atoms with Crippen LogP contribution in [0.3, 0.4) is 0 Å². The van der Waals surface area contributed by atoms with Crippen LogP contribution in [0.1, 0.15) is 17.3 Å². The number of esters is 1. The molecular formula is C11H13NO5. The first kappa shape index (κ1) is 12.8. The molecule has 1 rings (SSSR count). The number of carbonyl (C=O) groups excluding carboxylic acids is 1. The van der Waals surface area contributed by atoms with Crippen LogP contribution in [-0.2, 0) is 9.53 Å². The zero-order valence-corrected chi connectivity index (χ0v) is 9.47. The van der Waals surface area contributed by atoms with E-state index in [1.54, 1.807) is 0 Å². The molecule has 1 aromatic carbocycles. The smallest absolute Gasteiger partial charge is 0.346 e. The molecule has 0 aromatic heterocycles. The SMILES string of the molecule is COC(=O)C(C)Oc1ccc(C(=O)O)cc1N. The van der Waals surface area contributed by atoms with Crippen molar-refractivity contribution < 1.29 is 24.2 Å². The summed E-state index contributed by atoms with van der Waals surface area (Å²) in [6.45, 7) is 1.51. The van der Waals surface area contributed by atoms with Gasteiger partial charge in [0.1, 0.15) is 5.75 Å². The fourth-order valence-electron chi connectivity index (χ4n) is 1.19. The minimum atomic E-state index is -1.08. The van der Waals surface area contributed by atoms with Gasteiger partial charge in [0.25, 0.3) is 0 Å². The van der Waals surface area contributed by atoms with Gasteiger partial charge in [0.15, 0.2) is 6.10 Å². The summed E-state index contributed by atoms with van der Waals surface area (Å²) in [6, 6.07) is 4.01. The van der Waals surface area contributed by atoms with E-state index in [2.05, 4.69) is 4.74 Å². The highest BCUT2D eigenvalue weighted by molar-refractivity contribution is 5.89. The molecule has 1 aromatic rings.